The van der Waals surface area contributed by atoms with Gasteiger partial charge in [-0.05, 0) is 0 Å². The van der Waals surface area contributed by atoms with Crippen LogP contribution >= 0.6 is 0 Å². The van der Waals surface area contributed by atoms with Gasteiger partial charge in [0.1, 0.15) is 85.5 Å². The number of hydrogen-bond donors (Lipinski definition) is 13. The highest BCUT2D eigenvalue weighted by molar-refractivity contribution is 4.99. The van der Waals surface area contributed by atoms with E-state index in [9.17, 15) is 61.3 Å². The molecule has 0 aromatic rings. The predicted octanol–water partition coefficient (Wildman–Crippen LogP) is -8.87. The summed E-state index contributed by atoms with van der Waals surface area (Å²) in [6.45, 7) is -2.88. The molecule has 0 bridgehead atoms. The molecule has 41 heavy (non-hydrogen) atoms. The Hall–Kier alpha value is -0.760. The Bertz CT molecular complexity index is 783. The van der Waals surface area contributed by atoms with E-state index in [4.69, 9.17) is 34.2 Å². The van der Waals surface area contributed by atoms with E-state index in [1.807, 2.05) is 0 Å². The van der Waals surface area contributed by atoms with Gasteiger partial charge in [-0.3, -0.25) is 0 Å². The van der Waals surface area contributed by atoms with Crippen molar-refractivity contribution >= 4 is 0 Å². The molecule has 3 aliphatic rings. The van der Waals surface area contributed by atoms with Crippen molar-refractivity contribution in [1.29, 1.82) is 0 Å². The van der Waals surface area contributed by atoms with Gasteiger partial charge in [0.25, 0.3) is 0 Å². The maximum atomic E-state index is 11.1. The summed E-state index contributed by atoms with van der Waals surface area (Å²) in [5, 5.41) is 122. The Morgan fingerprint density at radius 1 is 0.585 bits per heavy atom. The van der Waals surface area contributed by atoms with E-state index in [0.29, 0.717) is 0 Å². The fourth-order valence-corrected chi connectivity index (χ4v) is 4.79. The van der Waals surface area contributed by atoms with Crippen molar-refractivity contribution in [2.24, 2.45) is 5.73 Å². The quantitative estimate of drug-likeness (QED) is 0.0979. The van der Waals surface area contributed by atoms with Crippen LogP contribution in [-0.2, 0) is 28.4 Å². The van der Waals surface area contributed by atoms with Crippen LogP contribution < -0.4 is 5.73 Å². The highest BCUT2D eigenvalue weighted by Gasteiger charge is 2.56. The highest BCUT2D eigenvalue weighted by atomic mass is 16.8. The molecule has 242 valence electrons. The molecule has 17 atom stereocenters. The van der Waals surface area contributed by atoms with Crippen LogP contribution in [0.5, 0.6) is 0 Å². The lowest BCUT2D eigenvalue weighted by Crippen LogP contribution is -2.68. The van der Waals surface area contributed by atoms with Gasteiger partial charge in [0.15, 0.2) is 18.9 Å². The van der Waals surface area contributed by atoms with Crippen LogP contribution in [-0.4, -0.2) is 199 Å². The predicted molar refractivity (Wildman–Crippen MR) is 126 cm³/mol. The van der Waals surface area contributed by atoms with E-state index in [1.54, 1.807) is 0 Å². The summed E-state index contributed by atoms with van der Waals surface area (Å²) >= 11 is 0. The van der Waals surface area contributed by atoms with Gasteiger partial charge in [0.05, 0.1) is 26.4 Å². The van der Waals surface area contributed by atoms with Crippen LogP contribution in [0.25, 0.3) is 0 Å². The van der Waals surface area contributed by atoms with E-state index in [2.05, 4.69) is 0 Å². The molecule has 19 nitrogen and oxygen atoms in total. The molecule has 3 aliphatic heterocycles. The zero-order valence-corrected chi connectivity index (χ0v) is 21.7. The molecule has 0 amide bonds. The van der Waals surface area contributed by atoms with Gasteiger partial charge < -0.3 is 95.4 Å². The summed E-state index contributed by atoms with van der Waals surface area (Å²) in [4.78, 5) is 0. The number of nitrogens with two attached hydrogens (primary N) is 1. The third-order valence-electron chi connectivity index (χ3n) is 7.12. The molecule has 0 spiro atoms. The van der Waals surface area contributed by atoms with Crippen LogP contribution in [0.1, 0.15) is 0 Å². The second-order valence-corrected chi connectivity index (χ2v) is 9.96. The summed E-state index contributed by atoms with van der Waals surface area (Å²) in [6.07, 6.45) is -30.6. The Balaban J connectivity index is 1.97. The van der Waals surface area contributed by atoms with E-state index in [-0.39, 0.29) is 13.2 Å². The smallest absolute Gasteiger partial charge is 0.187 e. The van der Waals surface area contributed by atoms with Crippen molar-refractivity contribution < 1.29 is 89.7 Å². The zero-order valence-electron chi connectivity index (χ0n) is 21.7. The Morgan fingerprint density at radius 2 is 1.10 bits per heavy atom. The lowest BCUT2D eigenvalue weighted by atomic mass is 9.93. The highest BCUT2D eigenvalue weighted by Crippen LogP contribution is 2.35. The van der Waals surface area contributed by atoms with Gasteiger partial charge in [0, 0.05) is 6.54 Å². The fourth-order valence-electron chi connectivity index (χ4n) is 4.79. The Labute approximate surface area is 233 Å². The SMILES string of the molecule is NCCO[C@H]1O[C@H]([C@H](O)CO)[C@@H](O[C@@H]2O[C@H](CO)[C@@H](O)[C@H](O)[C@H]2O)[C@H](O[C@H]2O[C@H]([C@H](O)CO)[C@@H](O)[C@H](O)[C@@H]2O)[C@@H]1O. The minimum absolute atomic E-state index is 0.0363. The minimum atomic E-state index is -2.01. The summed E-state index contributed by atoms with van der Waals surface area (Å²) in [5.74, 6) is 0. The third-order valence-corrected chi connectivity index (χ3v) is 7.12. The van der Waals surface area contributed by atoms with E-state index < -0.39 is 124 Å². The lowest BCUT2D eigenvalue weighted by molar-refractivity contribution is -0.392. The van der Waals surface area contributed by atoms with Crippen molar-refractivity contribution in [3.8, 4) is 0 Å². The minimum Gasteiger partial charge on any atom is -0.394 e. The molecular weight excluding hydrogens is 566 g/mol. The van der Waals surface area contributed by atoms with Gasteiger partial charge in [0.2, 0.25) is 0 Å². The molecule has 0 radical (unpaired) electrons. The first-order chi connectivity index (χ1) is 19.4. The van der Waals surface area contributed by atoms with E-state index in [1.165, 1.54) is 0 Å². The molecule has 3 rings (SSSR count). The second kappa shape index (κ2) is 15.3. The van der Waals surface area contributed by atoms with Crippen LogP contribution in [0, 0.1) is 0 Å². The normalized spacial score (nSPS) is 47.2. The molecule has 0 aliphatic carbocycles. The zero-order chi connectivity index (χ0) is 30.6. The fraction of sp³-hybridized carbons (Fsp3) is 1.00. The number of hydrogen-bond acceptors (Lipinski definition) is 19. The molecule has 0 saturated carbocycles. The molecule has 3 saturated heterocycles. The first-order valence-corrected chi connectivity index (χ1v) is 13.0. The van der Waals surface area contributed by atoms with Crippen molar-refractivity contribution in [1.82, 2.24) is 0 Å². The maximum absolute atomic E-state index is 11.1. The van der Waals surface area contributed by atoms with Crippen molar-refractivity contribution in [2.75, 3.05) is 33.0 Å². The molecule has 0 aromatic carbocycles. The first kappa shape index (κ1) is 34.7. The lowest BCUT2D eigenvalue weighted by Gasteiger charge is -2.50. The third kappa shape index (κ3) is 7.49. The first-order valence-electron chi connectivity index (χ1n) is 13.0. The van der Waals surface area contributed by atoms with E-state index in [0.717, 1.165) is 0 Å². The van der Waals surface area contributed by atoms with Crippen molar-refractivity contribution in [3.05, 3.63) is 0 Å². The van der Waals surface area contributed by atoms with Crippen LogP contribution in [0.3, 0.4) is 0 Å². The van der Waals surface area contributed by atoms with Gasteiger partial charge in [-0.2, -0.15) is 0 Å². The second-order valence-electron chi connectivity index (χ2n) is 9.96. The molecule has 14 N–H and O–H groups in total. The molecule has 19 heteroatoms. The van der Waals surface area contributed by atoms with Gasteiger partial charge in [-0.25, -0.2) is 0 Å². The van der Waals surface area contributed by atoms with Crippen molar-refractivity contribution in [2.45, 2.75) is 104 Å². The number of rotatable bonds is 12. The largest absolute Gasteiger partial charge is 0.394 e. The molecule has 3 fully saturated rings. The van der Waals surface area contributed by atoms with E-state index >= 15 is 0 Å². The molecule has 0 unspecified atom stereocenters. The molecular formula is C22H41NO18. The standard InChI is InChI=1S/C22H41NO18/c23-1-2-36-20-15(35)18(40-22-14(34)11(31)12(32)16(38-22)6(27)3-24)19(17(39-20)7(28)4-25)41-21-13(33)10(30)9(29)8(5-26)37-21/h6-22,24-35H,1-5,23H2/t6-,7-,8-,9-,10+,11+,12+,13-,14+,15+,16-,17-,18-,19-,20+,21+,22-/m1/s1. The summed E-state index contributed by atoms with van der Waals surface area (Å²) in [6, 6.07) is 0. The topological polar surface area (TPSA) is 324 Å². The van der Waals surface area contributed by atoms with Crippen LogP contribution in [0.4, 0.5) is 0 Å². The average molecular weight is 608 g/mol. The molecule has 3 heterocycles. The summed E-state index contributed by atoms with van der Waals surface area (Å²) < 4.78 is 33.2. The van der Waals surface area contributed by atoms with Crippen LogP contribution in [0.15, 0.2) is 0 Å². The number of aliphatic hydroxyl groups is 12. The average Bonchev–Trinajstić information content (AvgIpc) is 2.97. The number of aliphatic hydroxyl groups excluding tert-OH is 12. The summed E-state index contributed by atoms with van der Waals surface area (Å²) in [5.41, 5.74) is 5.45. The Kier molecular flexibility index (Phi) is 13.0. The van der Waals surface area contributed by atoms with Gasteiger partial charge >= 0.3 is 0 Å². The maximum Gasteiger partial charge on any atom is 0.187 e. The van der Waals surface area contributed by atoms with Gasteiger partial charge in [-0.1, -0.05) is 0 Å². The number of ether oxygens (including phenoxy) is 6. The summed E-state index contributed by atoms with van der Waals surface area (Å²) in [7, 11) is 0. The Morgan fingerprint density at radius 3 is 1.66 bits per heavy atom. The molecule has 0 aromatic heterocycles. The van der Waals surface area contributed by atoms with Gasteiger partial charge in [-0.15, -0.1) is 0 Å². The van der Waals surface area contributed by atoms with Crippen LogP contribution in [0.2, 0.25) is 0 Å². The monoisotopic (exact) mass is 607 g/mol. The van der Waals surface area contributed by atoms with Crippen molar-refractivity contribution in [3.63, 3.8) is 0 Å².